The first-order valence-electron chi connectivity index (χ1n) is 4.32. The molecule has 11 heavy (non-hydrogen) atoms. The predicted molar refractivity (Wildman–Crippen MR) is 44.1 cm³/mol. The van der Waals surface area contributed by atoms with Gasteiger partial charge in [-0.1, -0.05) is 19.1 Å². The zero-order valence-corrected chi connectivity index (χ0v) is 7.13. The fraction of sp³-hybridized carbons (Fsp3) is 0.700. The largest absolute Gasteiger partial charge is 0.300 e. The van der Waals surface area contributed by atoms with Crippen LogP contribution in [-0.4, -0.2) is 5.78 Å². The van der Waals surface area contributed by atoms with Gasteiger partial charge < -0.3 is 0 Å². The molecule has 2 aliphatic rings. The standard InChI is InChI=1S/C10H14O/c1-7(11)9-5-8-3-4-10(9,2)6-8/h3-4,8-9H,5-6H2,1-2H3/t8-,9+,10-/m0/s1. The molecule has 0 N–H and O–H groups in total. The van der Waals surface area contributed by atoms with Gasteiger partial charge in [0.05, 0.1) is 0 Å². The van der Waals surface area contributed by atoms with Crippen molar-refractivity contribution in [1.82, 2.24) is 0 Å². The second-order valence-corrected chi connectivity index (χ2v) is 4.23. The monoisotopic (exact) mass is 150 g/mol. The minimum absolute atomic E-state index is 0.219. The maximum absolute atomic E-state index is 11.2. The molecule has 1 heteroatoms. The van der Waals surface area contributed by atoms with Crippen LogP contribution in [0.5, 0.6) is 0 Å². The minimum atomic E-state index is 0.219. The molecule has 1 saturated carbocycles. The highest BCUT2D eigenvalue weighted by atomic mass is 16.1. The Morgan fingerprint density at radius 1 is 1.64 bits per heavy atom. The highest BCUT2D eigenvalue weighted by molar-refractivity contribution is 5.80. The van der Waals surface area contributed by atoms with E-state index in [1.165, 1.54) is 6.42 Å². The molecule has 0 aromatic heterocycles. The van der Waals surface area contributed by atoms with Crippen molar-refractivity contribution in [1.29, 1.82) is 0 Å². The number of carbonyl (C=O) groups is 1. The van der Waals surface area contributed by atoms with Crippen molar-refractivity contribution in [2.45, 2.75) is 26.7 Å². The SMILES string of the molecule is CC(=O)[C@H]1C[C@@H]2C=C[C@@]1(C)C2. The average molecular weight is 150 g/mol. The van der Waals surface area contributed by atoms with E-state index in [9.17, 15) is 4.79 Å². The first-order valence-corrected chi connectivity index (χ1v) is 4.32. The van der Waals surface area contributed by atoms with E-state index in [0.29, 0.717) is 17.6 Å². The first kappa shape index (κ1) is 7.08. The van der Waals surface area contributed by atoms with E-state index in [2.05, 4.69) is 19.1 Å². The molecule has 3 atom stereocenters. The van der Waals surface area contributed by atoms with Crippen LogP contribution in [0, 0.1) is 17.3 Å². The fourth-order valence-corrected chi connectivity index (χ4v) is 2.68. The quantitative estimate of drug-likeness (QED) is 0.523. The molecule has 0 spiro atoms. The zero-order chi connectivity index (χ0) is 8.06. The van der Waals surface area contributed by atoms with Gasteiger partial charge in [-0.15, -0.1) is 0 Å². The first-order chi connectivity index (χ1) is 5.12. The molecule has 0 radical (unpaired) electrons. The Hall–Kier alpha value is -0.590. The molecule has 0 heterocycles. The number of ketones is 1. The second kappa shape index (κ2) is 1.96. The molecule has 1 nitrogen and oxygen atoms in total. The normalized spacial score (nSPS) is 46.7. The Balaban J connectivity index is 2.29. The number of hydrogen-bond donors (Lipinski definition) is 0. The minimum Gasteiger partial charge on any atom is -0.300 e. The highest BCUT2D eigenvalue weighted by Gasteiger charge is 2.46. The predicted octanol–water partition coefficient (Wildman–Crippen LogP) is 2.18. The molecule has 2 bridgehead atoms. The van der Waals surface area contributed by atoms with E-state index in [1.807, 2.05) is 0 Å². The maximum Gasteiger partial charge on any atom is 0.133 e. The number of hydrogen-bond acceptors (Lipinski definition) is 1. The Bertz CT molecular complexity index is 229. The Morgan fingerprint density at radius 2 is 2.36 bits per heavy atom. The van der Waals surface area contributed by atoms with Crippen molar-refractivity contribution in [3.8, 4) is 0 Å². The molecule has 1 fully saturated rings. The molecular formula is C10H14O. The molecule has 0 aliphatic heterocycles. The number of Topliss-reactive ketones (excluding diaryl/α,β-unsaturated/α-hetero) is 1. The van der Waals surface area contributed by atoms with Crippen LogP contribution >= 0.6 is 0 Å². The van der Waals surface area contributed by atoms with E-state index >= 15 is 0 Å². The van der Waals surface area contributed by atoms with Crippen molar-refractivity contribution >= 4 is 5.78 Å². The lowest BCUT2D eigenvalue weighted by molar-refractivity contribution is -0.122. The van der Waals surface area contributed by atoms with Gasteiger partial charge in [-0.25, -0.2) is 0 Å². The van der Waals surface area contributed by atoms with Crippen molar-refractivity contribution in [2.24, 2.45) is 17.3 Å². The smallest absolute Gasteiger partial charge is 0.133 e. The van der Waals surface area contributed by atoms with Crippen molar-refractivity contribution in [2.75, 3.05) is 0 Å². The second-order valence-electron chi connectivity index (χ2n) is 4.23. The van der Waals surface area contributed by atoms with Gasteiger partial charge in [-0.3, -0.25) is 4.79 Å². The third kappa shape index (κ3) is 0.867. The van der Waals surface area contributed by atoms with Crippen LogP contribution in [0.4, 0.5) is 0 Å². The molecule has 0 aromatic carbocycles. The number of fused-ring (bicyclic) bond motifs is 2. The summed E-state index contributed by atoms with van der Waals surface area (Å²) in [4.78, 5) is 11.2. The van der Waals surface area contributed by atoms with Crippen LogP contribution in [0.2, 0.25) is 0 Å². The summed E-state index contributed by atoms with van der Waals surface area (Å²) in [6.07, 6.45) is 6.83. The summed E-state index contributed by atoms with van der Waals surface area (Å²) in [5.74, 6) is 1.39. The van der Waals surface area contributed by atoms with Gasteiger partial charge in [0.2, 0.25) is 0 Å². The molecule has 0 amide bonds. The van der Waals surface area contributed by atoms with Crippen LogP contribution in [0.25, 0.3) is 0 Å². The van der Waals surface area contributed by atoms with Crippen molar-refractivity contribution in [3.63, 3.8) is 0 Å². The molecular weight excluding hydrogens is 136 g/mol. The molecule has 0 saturated heterocycles. The molecule has 0 aromatic rings. The summed E-state index contributed by atoms with van der Waals surface area (Å²) >= 11 is 0. The van der Waals surface area contributed by atoms with E-state index in [-0.39, 0.29) is 5.41 Å². The topological polar surface area (TPSA) is 17.1 Å². The third-order valence-electron chi connectivity index (χ3n) is 3.28. The van der Waals surface area contributed by atoms with E-state index in [4.69, 9.17) is 0 Å². The van der Waals surface area contributed by atoms with Gasteiger partial charge >= 0.3 is 0 Å². The van der Waals surface area contributed by atoms with Gasteiger partial charge in [-0.2, -0.15) is 0 Å². The van der Waals surface area contributed by atoms with Gasteiger partial charge in [-0.05, 0) is 31.1 Å². The zero-order valence-electron chi connectivity index (χ0n) is 7.13. The number of allylic oxidation sites excluding steroid dienone is 2. The summed E-state index contributed by atoms with van der Waals surface area (Å²) in [7, 11) is 0. The van der Waals surface area contributed by atoms with Gasteiger partial charge in [0.15, 0.2) is 0 Å². The Labute approximate surface area is 67.5 Å². The lowest BCUT2D eigenvalue weighted by Crippen LogP contribution is -2.24. The summed E-state index contributed by atoms with van der Waals surface area (Å²) in [6.45, 7) is 3.94. The number of carbonyl (C=O) groups excluding carboxylic acids is 1. The average Bonchev–Trinajstić information content (AvgIpc) is 2.41. The lowest BCUT2D eigenvalue weighted by Gasteiger charge is -2.25. The molecule has 2 rings (SSSR count). The van der Waals surface area contributed by atoms with Gasteiger partial charge in [0.1, 0.15) is 5.78 Å². The van der Waals surface area contributed by atoms with Crippen molar-refractivity contribution in [3.05, 3.63) is 12.2 Å². The molecule has 0 unspecified atom stereocenters. The molecule has 2 aliphatic carbocycles. The summed E-state index contributed by atoms with van der Waals surface area (Å²) in [5, 5.41) is 0. The van der Waals surface area contributed by atoms with Crippen LogP contribution in [-0.2, 0) is 4.79 Å². The van der Waals surface area contributed by atoms with Crippen molar-refractivity contribution < 1.29 is 4.79 Å². The molecule has 60 valence electrons. The van der Waals surface area contributed by atoms with Gasteiger partial charge in [0.25, 0.3) is 0 Å². The summed E-state index contributed by atoms with van der Waals surface area (Å²) in [6, 6.07) is 0. The van der Waals surface area contributed by atoms with Crippen LogP contribution in [0.15, 0.2) is 12.2 Å². The fourth-order valence-electron chi connectivity index (χ4n) is 2.68. The van der Waals surface area contributed by atoms with Crippen LogP contribution in [0.1, 0.15) is 26.7 Å². The Kier molecular flexibility index (Phi) is 1.26. The summed E-state index contributed by atoms with van der Waals surface area (Å²) in [5.41, 5.74) is 0.219. The van der Waals surface area contributed by atoms with Crippen LogP contribution in [0.3, 0.4) is 0 Å². The van der Waals surface area contributed by atoms with Gasteiger partial charge in [0, 0.05) is 5.92 Å². The van der Waals surface area contributed by atoms with E-state index in [1.54, 1.807) is 6.92 Å². The number of rotatable bonds is 1. The van der Waals surface area contributed by atoms with E-state index < -0.39 is 0 Å². The van der Waals surface area contributed by atoms with E-state index in [0.717, 1.165) is 6.42 Å². The lowest BCUT2D eigenvalue weighted by atomic mass is 9.78. The van der Waals surface area contributed by atoms with Crippen LogP contribution < -0.4 is 0 Å². The maximum atomic E-state index is 11.2. The summed E-state index contributed by atoms with van der Waals surface area (Å²) < 4.78 is 0. The third-order valence-corrected chi connectivity index (χ3v) is 3.28. The highest BCUT2D eigenvalue weighted by Crippen LogP contribution is 2.52. The Morgan fingerprint density at radius 3 is 2.64 bits per heavy atom.